The van der Waals surface area contributed by atoms with Gasteiger partial charge in [-0.05, 0) is 35.0 Å². The highest BCUT2D eigenvalue weighted by molar-refractivity contribution is 9.10. The van der Waals surface area contributed by atoms with Crippen molar-refractivity contribution < 1.29 is 9.47 Å². The molecule has 138 valence electrons. The molecular weight excluding hydrogens is 488 g/mol. The molecule has 6 nitrogen and oxygen atoms in total. The summed E-state index contributed by atoms with van der Waals surface area (Å²) in [5, 5.41) is 4.18. The fourth-order valence-corrected chi connectivity index (χ4v) is 4.13. The molecule has 0 fully saturated rings. The lowest BCUT2D eigenvalue weighted by Gasteiger charge is -2.12. The molecule has 0 unspecified atom stereocenters. The Kier molecular flexibility index (Phi) is 4.06. The number of methoxy groups -OCH3 is 2. The molecule has 3 aromatic carbocycles. The molecule has 28 heavy (non-hydrogen) atoms. The second-order valence-corrected chi connectivity index (χ2v) is 8.02. The van der Waals surface area contributed by atoms with Crippen LogP contribution in [0.1, 0.15) is 0 Å². The summed E-state index contributed by atoms with van der Waals surface area (Å²) in [7, 11) is 3.05. The van der Waals surface area contributed by atoms with Crippen LogP contribution in [0.3, 0.4) is 0 Å². The summed E-state index contributed by atoms with van der Waals surface area (Å²) in [5.74, 6) is 0.328. The van der Waals surface area contributed by atoms with E-state index in [4.69, 9.17) is 19.4 Å². The number of hydrogen-bond donors (Lipinski definition) is 0. The van der Waals surface area contributed by atoms with Crippen molar-refractivity contribution in [3.63, 3.8) is 0 Å². The van der Waals surface area contributed by atoms with Gasteiger partial charge in [-0.1, -0.05) is 44.0 Å². The lowest BCUT2D eigenvalue weighted by atomic mass is 9.99. The summed E-state index contributed by atoms with van der Waals surface area (Å²) in [6, 6.07) is 12.5. The quantitative estimate of drug-likeness (QED) is 0.238. The van der Waals surface area contributed by atoms with Gasteiger partial charge in [0.15, 0.2) is 11.2 Å². The van der Waals surface area contributed by atoms with Gasteiger partial charge in [-0.15, -0.1) is 0 Å². The van der Waals surface area contributed by atoms with E-state index in [0.29, 0.717) is 17.0 Å². The van der Waals surface area contributed by atoms with E-state index in [1.54, 1.807) is 7.11 Å². The van der Waals surface area contributed by atoms with Crippen LogP contribution in [0.5, 0.6) is 11.9 Å². The Morgan fingerprint density at radius 1 is 0.643 bits per heavy atom. The smallest absolute Gasteiger partial charge is 0.321 e. The van der Waals surface area contributed by atoms with E-state index in [2.05, 4.69) is 66.1 Å². The Hall–Kier alpha value is -2.58. The predicted molar refractivity (Wildman–Crippen MR) is 116 cm³/mol. The lowest BCUT2D eigenvalue weighted by Crippen LogP contribution is -2.01. The Morgan fingerprint density at radius 2 is 1.25 bits per heavy atom. The molecule has 0 bridgehead atoms. The molecule has 0 radical (unpaired) electrons. The van der Waals surface area contributed by atoms with Crippen molar-refractivity contribution in [3.8, 4) is 11.9 Å². The Labute approximate surface area is 176 Å². The van der Waals surface area contributed by atoms with Gasteiger partial charge in [-0.2, -0.15) is 9.97 Å². The van der Waals surface area contributed by atoms with Crippen LogP contribution in [0.15, 0.2) is 45.3 Å². The summed E-state index contributed by atoms with van der Waals surface area (Å²) in [6.45, 7) is 0. The Bertz CT molecular complexity index is 1420. The van der Waals surface area contributed by atoms with Crippen molar-refractivity contribution in [1.82, 2.24) is 19.9 Å². The fraction of sp³-hybridized carbons (Fsp3) is 0.100. The molecular formula is C20H12Br2N4O2. The Balaban J connectivity index is 2.08. The van der Waals surface area contributed by atoms with Crippen molar-refractivity contribution in [3.05, 3.63) is 45.3 Å². The monoisotopic (exact) mass is 498 g/mol. The maximum atomic E-state index is 5.41. The second kappa shape index (κ2) is 6.49. The number of fused-ring (bicyclic) bond motifs is 7. The summed E-state index contributed by atoms with van der Waals surface area (Å²) >= 11 is 7.14. The molecule has 0 atom stereocenters. The van der Waals surface area contributed by atoms with E-state index in [1.807, 2.05) is 12.1 Å². The van der Waals surface area contributed by atoms with Gasteiger partial charge in [-0.3, -0.25) is 0 Å². The summed E-state index contributed by atoms with van der Waals surface area (Å²) in [4.78, 5) is 18.3. The standard InChI is InChI=1S/C20H12Br2N4O2/c1-27-19-17-18(25-20(26-19)28-2)24-16-14-8-10(22)4-6-12(14)11-5-3-9(21)7-13(11)15(16)23-17/h3-8H,1-2H3. The molecule has 5 aromatic rings. The maximum absolute atomic E-state index is 5.41. The van der Waals surface area contributed by atoms with Crippen molar-refractivity contribution >= 4 is 75.6 Å². The second-order valence-electron chi connectivity index (χ2n) is 6.19. The third-order valence-electron chi connectivity index (χ3n) is 4.62. The third-order valence-corrected chi connectivity index (χ3v) is 5.60. The minimum atomic E-state index is 0.187. The van der Waals surface area contributed by atoms with Gasteiger partial charge in [0.2, 0.25) is 5.88 Å². The number of ether oxygens (including phenoxy) is 2. The molecule has 0 saturated heterocycles. The highest BCUT2D eigenvalue weighted by atomic mass is 79.9. The first-order chi connectivity index (χ1) is 13.6. The van der Waals surface area contributed by atoms with E-state index in [-0.39, 0.29) is 6.01 Å². The SMILES string of the molecule is COc1nc(OC)c2nc3c4cc(Br)ccc4c4ccc(Br)cc4c3nc2n1. The summed E-state index contributed by atoms with van der Waals surface area (Å²) in [5.41, 5.74) is 2.44. The molecule has 0 amide bonds. The molecule has 8 heteroatoms. The van der Waals surface area contributed by atoms with E-state index in [1.165, 1.54) is 7.11 Å². The zero-order chi connectivity index (χ0) is 19.4. The third kappa shape index (κ3) is 2.59. The van der Waals surface area contributed by atoms with Crippen LogP contribution in [0.2, 0.25) is 0 Å². The number of nitrogens with zero attached hydrogens (tertiary/aromatic N) is 4. The van der Waals surface area contributed by atoms with Crippen LogP contribution in [0, 0.1) is 0 Å². The highest BCUT2D eigenvalue weighted by Gasteiger charge is 2.17. The van der Waals surface area contributed by atoms with Crippen molar-refractivity contribution in [2.75, 3.05) is 14.2 Å². The molecule has 2 heterocycles. The predicted octanol–water partition coefficient (Wildman–Crippen LogP) is 5.42. The van der Waals surface area contributed by atoms with Crippen LogP contribution in [-0.4, -0.2) is 34.2 Å². The van der Waals surface area contributed by atoms with Crippen LogP contribution < -0.4 is 9.47 Å². The van der Waals surface area contributed by atoms with Crippen molar-refractivity contribution in [2.45, 2.75) is 0 Å². The molecule has 5 rings (SSSR count). The van der Waals surface area contributed by atoms with Crippen LogP contribution in [0.4, 0.5) is 0 Å². The van der Waals surface area contributed by atoms with Gasteiger partial charge in [0.25, 0.3) is 0 Å². The van der Waals surface area contributed by atoms with Gasteiger partial charge in [-0.25, -0.2) is 9.97 Å². The van der Waals surface area contributed by atoms with Gasteiger partial charge in [0.05, 0.1) is 25.3 Å². The molecule has 0 spiro atoms. The fourth-order valence-electron chi connectivity index (χ4n) is 3.41. The van der Waals surface area contributed by atoms with Crippen LogP contribution in [0.25, 0.3) is 43.7 Å². The summed E-state index contributed by atoms with van der Waals surface area (Å²) < 4.78 is 12.5. The minimum Gasteiger partial charge on any atom is -0.479 e. The van der Waals surface area contributed by atoms with Crippen LogP contribution in [-0.2, 0) is 0 Å². The van der Waals surface area contributed by atoms with E-state index in [9.17, 15) is 0 Å². The van der Waals surface area contributed by atoms with Gasteiger partial charge in [0, 0.05) is 19.7 Å². The first-order valence-corrected chi connectivity index (χ1v) is 9.95. The zero-order valence-electron chi connectivity index (χ0n) is 14.8. The average molecular weight is 500 g/mol. The highest BCUT2D eigenvalue weighted by Crippen LogP contribution is 2.37. The average Bonchev–Trinajstić information content (AvgIpc) is 2.71. The van der Waals surface area contributed by atoms with Gasteiger partial charge >= 0.3 is 6.01 Å². The Morgan fingerprint density at radius 3 is 1.82 bits per heavy atom. The number of halogens is 2. The first kappa shape index (κ1) is 17.5. The van der Waals surface area contributed by atoms with Gasteiger partial charge in [0.1, 0.15) is 0 Å². The van der Waals surface area contributed by atoms with E-state index < -0.39 is 0 Å². The zero-order valence-corrected chi connectivity index (χ0v) is 18.0. The van der Waals surface area contributed by atoms with Crippen molar-refractivity contribution in [2.24, 2.45) is 0 Å². The van der Waals surface area contributed by atoms with E-state index >= 15 is 0 Å². The normalized spacial score (nSPS) is 11.6. The van der Waals surface area contributed by atoms with Crippen molar-refractivity contribution in [1.29, 1.82) is 0 Å². The molecule has 0 aliphatic heterocycles. The summed E-state index contributed by atoms with van der Waals surface area (Å²) in [6.07, 6.45) is 0. The maximum Gasteiger partial charge on any atom is 0.321 e. The molecule has 0 saturated carbocycles. The van der Waals surface area contributed by atoms with Crippen LogP contribution >= 0.6 is 31.9 Å². The number of rotatable bonds is 2. The number of benzene rings is 3. The minimum absolute atomic E-state index is 0.187. The topological polar surface area (TPSA) is 70.0 Å². The largest absolute Gasteiger partial charge is 0.479 e. The van der Waals surface area contributed by atoms with Gasteiger partial charge < -0.3 is 9.47 Å². The molecule has 2 aromatic heterocycles. The number of aromatic nitrogens is 4. The molecule has 0 N–H and O–H groups in total. The molecule has 0 aliphatic rings. The lowest BCUT2D eigenvalue weighted by molar-refractivity contribution is 0.356. The molecule has 0 aliphatic carbocycles. The number of hydrogen-bond acceptors (Lipinski definition) is 6. The first-order valence-electron chi connectivity index (χ1n) is 8.37. The van der Waals surface area contributed by atoms with E-state index in [0.717, 1.165) is 41.5 Å².